The molecule has 10 heteroatoms. The van der Waals surface area contributed by atoms with E-state index in [1.165, 1.54) is 6.07 Å². The normalized spacial score (nSPS) is 22.4. The van der Waals surface area contributed by atoms with Gasteiger partial charge in [0.2, 0.25) is 0 Å². The summed E-state index contributed by atoms with van der Waals surface area (Å²) in [6.07, 6.45) is 1.80. The molecule has 2 unspecified atom stereocenters. The van der Waals surface area contributed by atoms with E-state index < -0.39 is 0 Å². The molecule has 2 aliphatic heterocycles. The maximum absolute atomic E-state index is 11.2. The van der Waals surface area contributed by atoms with E-state index in [0.717, 1.165) is 74.6 Å². The van der Waals surface area contributed by atoms with Crippen molar-refractivity contribution in [3.8, 4) is 11.3 Å². The van der Waals surface area contributed by atoms with Crippen molar-refractivity contribution in [2.45, 2.75) is 25.9 Å². The summed E-state index contributed by atoms with van der Waals surface area (Å²) in [5, 5.41) is 22.9. The molecule has 5 rings (SSSR count). The molecule has 2 N–H and O–H groups in total. The van der Waals surface area contributed by atoms with Crippen molar-refractivity contribution in [1.82, 2.24) is 30.3 Å². The van der Waals surface area contributed by atoms with E-state index in [1.54, 1.807) is 18.3 Å². The van der Waals surface area contributed by atoms with Gasteiger partial charge >= 0.3 is 0 Å². The van der Waals surface area contributed by atoms with E-state index in [0.29, 0.717) is 17.8 Å². The fraction of sp³-hybridized carbons (Fsp3) is 0.500. The fourth-order valence-electron chi connectivity index (χ4n) is 5.25. The standard InChI is InChI=1S/C24H32N8O2/c1-17-15-30(16-18(2)31(17)12-11-29-9-7-25-8-10-29)23-13-19(5-6-26-23)24-21-14-20(32(33)34)3-4-22(21)27-28-24/h3-6,13-14,17-18,25H,7-12,15-16H2,1-2H3,(H,27,28). The largest absolute Gasteiger partial charge is 0.353 e. The first kappa shape index (κ1) is 22.7. The second kappa shape index (κ2) is 9.65. The number of piperazine rings is 2. The van der Waals surface area contributed by atoms with E-state index in [9.17, 15) is 10.1 Å². The Hall–Kier alpha value is -3.08. The molecule has 0 saturated carbocycles. The zero-order valence-electron chi connectivity index (χ0n) is 19.8. The van der Waals surface area contributed by atoms with Crippen LogP contribution in [0.15, 0.2) is 36.5 Å². The minimum atomic E-state index is -0.376. The molecule has 0 aliphatic carbocycles. The molecule has 0 bridgehead atoms. The van der Waals surface area contributed by atoms with Gasteiger partial charge in [-0.3, -0.25) is 25.0 Å². The van der Waals surface area contributed by atoms with E-state index in [-0.39, 0.29) is 10.6 Å². The van der Waals surface area contributed by atoms with Gasteiger partial charge in [0, 0.05) is 93.7 Å². The lowest BCUT2D eigenvalue weighted by atomic mass is 10.1. The Morgan fingerprint density at radius 1 is 1.09 bits per heavy atom. The summed E-state index contributed by atoms with van der Waals surface area (Å²) in [7, 11) is 0. The van der Waals surface area contributed by atoms with Gasteiger partial charge in [-0.25, -0.2) is 4.98 Å². The highest BCUT2D eigenvalue weighted by Crippen LogP contribution is 2.31. The van der Waals surface area contributed by atoms with Crippen molar-refractivity contribution in [1.29, 1.82) is 0 Å². The van der Waals surface area contributed by atoms with Gasteiger partial charge < -0.3 is 10.2 Å². The smallest absolute Gasteiger partial charge is 0.270 e. The summed E-state index contributed by atoms with van der Waals surface area (Å²) in [5.41, 5.74) is 2.44. The molecule has 1 aromatic carbocycles. The maximum atomic E-state index is 11.2. The molecular formula is C24H32N8O2. The predicted octanol–water partition coefficient (Wildman–Crippen LogP) is 2.34. The number of hydrogen-bond acceptors (Lipinski definition) is 8. The quantitative estimate of drug-likeness (QED) is 0.423. The Morgan fingerprint density at radius 3 is 2.59 bits per heavy atom. The van der Waals surface area contributed by atoms with Gasteiger partial charge in [0.1, 0.15) is 11.5 Å². The third-order valence-electron chi connectivity index (χ3n) is 7.09. The summed E-state index contributed by atoms with van der Waals surface area (Å²) < 4.78 is 0. The van der Waals surface area contributed by atoms with Gasteiger partial charge in [0.05, 0.1) is 10.4 Å². The number of rotatable bonds is 6. The molecule has 4 heterocycles. The summed E-state index contributed by atoms with van der Waals surface area (Å²) >= 11 is 0. The number of benzene rings is 1. The lowest BCUT2D eigenvalue weighted by molar-refractivity contribution is -0.384. The van der Waals surface area contributed by atoms with Crippen molar-refractivity contribution in [2.24, 2.45) is 0 Å². The summed E-state index contributed by atoms with van der Waals surface area (Å²) in [6.45, 7) is 13.0. The van der Waals surface area contributed by atoms with Crippen LogP contribution < -0.4 is 10.2 Å². The lowest BCUT2D eigenvalue weighted by Crippen LogP contribution is -2.58. The van der Waals surface area contributed by atoms with E-state index in [1.807, 2.05) is 12.1 Å². The van der Waals surface area contributed by atoms with Crippen LogP contribution in [0.3, 0.4) is 0 Å². The number of hydrogen-bond donors (Lipinski definition) is 2. The van der Waals surface area contributed by atoms with Gasteiger partial charge in [-0.05, 0) is 32.0 Å². The highest BCUT2D eigenvalue weighted by atomic mass is 16.6. The first-order chi connectivity index (χ1) is 16.5. The van der Waals surface area contributed by atoms with Gasteiger partial charge in [0.15, 0.2) is 0 Å². The average Bonchev–Trinajstić information content (AvgIpc) is 3.27. The van der Waals surface area contributed by atoms with E-state index in [2.05, 4.69) is 49.0 Å². The van der Waals surface area contributed by atoms with E-state index >= 15 is 0 Å². The molecule has 3 aromatic rings. The van der Waals surface area contributed by atoms with Crippen LogP contribution in [0, 0.1) is 10.1 Å². The van der Waals surface area contributed by atoms with Crippen molar-refractivity contribution in [2.75, 3.05) is 57.3 Å². The molecule has 180 valence electrons. The number of aromatic nitrogens is 3. The summed E-state index contributed by atoms with van der Waals surface area (Å²) in [6, 6.07) is 9.58. The topological polar surface area (TPSA) is 106 Å². The highest BCUT2D eigenvalue weighted by molar-refractivity contribution is 5.94. The number of pyridine rings is 1. The number of nitro benzene ring substituents is 1. The third-order valence-corrected chi connectivity index (χ3v) is 7.09. The molecular weight excluding hydrogens is 432 g/mol. The molecule has 0 amide bonds. The second-order valence-electron chi connectivity index (χ2n) is 9.39. The minimum absolute atomic E-state index is 0.0593. The maximum Gasteiger partial charge on any atom is 0.270 e. The number of nitro groups is 1. The first-order valence-electron chi connectivity index (χ1n) is 12.0. The van der Waals surface area contributed by atoms with Crippen LogP contribution in [-0.4, -0.2) is 94.3 Å². The Kier molecular flexibility index (Phi) is 6.44. The number of nitrogens with zero attached hydrogens (tertiary/aromatic N) is 6. The summed E-state index contributed by atoms with van der Waals surface area (Å²) in [4.78, 5) is 23.0. The van der Waals surface area contributed by atoms with Gasteiger partial charge in [0.25, 0.3) is 5.69 Å². The molecule has 2 fully saturated rings. The van der Waals surface area contributed by atoms with Gasteiger partial charge in [-0.1, -0.05) is 0 Å². The van der Waals surface area contributed by atoms with Crippen LogP contribution in [0.25, 0.3) is 22.2 Å². The third kappa shape index (κ3) is 4.61. The van der Waals surface area contributed by atoms with Crippen LogP contribution in [0.4, 0.5) is 11.5 Å². The number of fused-ring (bicyclic) bond motifs is 1. The number of non-ortho nitro benzene ring substituents is 1. The van der Waals surface area contributed by atoms with Gasteiger partial charge in [-0.15, -0.1) is 0 Å². The van der Waals surface area contributed by atoms with Gasteiger partial charge in [-0.2, -0.15) is 5.10 Å². The van der Waals surface area contributed by atoms with Crippen molar-refractivity contribution in [3.05, 3.63) is 46.6 Å². The first-order valence-corrected chi connectivity index (χ1v) is 12.0. The van der Waals surface area contributed by atoms with Crippen LogP contribution in [0.5, 0.6) is 0 Å². The van der Waals surface area contributed by atoms with Crippen molar-refractivity contribution in [3.63, 3.8) is 0 Å². The number of nitrogens with one attached hydrogen (secondary N) is 2. The second-order valence-corrected chi connectivity index (χ2v) is 9.39. The van der Waals surface area contributed by atoms with Crippen LogP contribution in [0.2, 0.25) is 0 Å². The molecule has 2 saturated heterocycles. The number of aromatic amines is 1. The average molecular weight is 465 g/mol. The zero-order chi connectivity index (χ0) is 23.7. The monoisotopic (exact) mass is 464 g/mol. The number of H-pyrrole nitrogens is 1. The van der Waals surface area contributed by atoms with Crippen LogP contribution >= 0.6 is 0 Å². The van der Waals surface area contributed by atoms with E-state index in [4.69, 9.17) is 0 Å². The zero-order valence-corrected chi connectivity index (χ0v) is 19.8. The van der Waals surface area contributed by atoms with Crippen molar-refractivity contribution < 1.29 is 4.92 Å². The highest BCUT2D eigenvalue weighted by Gasteiger charge is 2.30. The Balaban J connectivity index is 1.32. The molecule has 10 nitrogen and oxygen atoms in total. The molecule has 2 atom stereocenters. The predicted molar refractivity (Wildman–Crippen MR) is 133 cm³/mol. The molecule has 2 aliphatic rings. The SMILES string of the molecule is CC1CN(c2cc(-c3n[nH]c4ccc([N+](=O)[O-])cc34)ccn2)CC(C)N1CCN1CCNCC1. The van der Waals surface area contributed by atoms with Crippen LogP contribution in [0.1, 0.15) is 13.8 Å². The molecule has 0 spiro atoms. The lowest BCUT2D eigenvalue weighted by Gasteiger charge is -2.45. The summed E-state index contributed by atoms with van der Waals surface area (Å²) in [5.74, 6) is 0.916. The van der Waals surface area contributed by atoms with Crippen LogP contribution in [-0.2, 0) is 0 Å². The number of anilines is 1. The molecule has 0 radical (unpaired) electrons. The fourth-order valence-corrected chi connectivity index (χ4v) is 5.25. The Labute approximate surface area is 199 Å². The molecule has 34 heavy (non-hydrogen) atoms. The minimum Gasteiger partial charge on any atom is -0.353 e. The van der Waals surface area contributed by atoms with Crippen molar-refractivity contribution >= 4 is 22.4 Å². The Morgan fingerprint density at radius 2 is 1.85 bits per heavy atom. The molecule has 2 aromatic heterocycles. The Bertz CT molecular complexity index is 1150.